The van der Waals surface area contributed by atoms with Gasteiger partial charge in [-0.15, -0.1) is 0 Å². The molecule has 0 aliphatic carbocycles. The van der Waals surface area contributed by atoms with E-state index < -0.39 is 0 Å². The molecule has 0 radical (unpaired) electrons. The van der Waals surface area contributed by atoms with Gasteiger partial charge in [-0.2, -0.15) is 4.98 Å². The summed E-state index contributed by atoms with van der Waals surface area (Å²) in [6.45, 7) is 8.49. The van der Waals surface area contributed by atoms with Crippen LogP contribution in [0.1, 0.15) is 32.8 Å². The monoisotopic (exact) mass is 404 g/mol. The highest BCUT2D eigenvalue weighted by molar-refractivity contribution is 5.67. The summed E-state index contributed by atoms with van der Waals surface area (Å²) in [5, 5.41) is 6.79. The normalized spacial score (nSPS) is 11.5. The molecule has 6 nitrogen and oxygen atoms in total. The van der Waals surface area contributed by atoms with E-state index in [2.05, 4.69) is 84.6 Å². The van der Waals surface area contributed by atoms with Crippen LogP contribution in [0, 0.1) is 0 Å². The van der Waals surface area contributed by atoms with E-state index in [0.717, 1.165) is 42.3 Å². The van der Waals surface area contributed by atoms with Crippen LogP contribution < -0.4 is 10.6 Å². The van der Waals surface area contributed by atoms with E-state index in [0.29, 0.717) is 5.95 Å². The van der Waals surface area contributed by atoms with Crippen molar-refractivity contribution in [3.63, 3.8) is 0 Å². The largest absolute Gasteiger partial charge is 0.354 e. The minimum Gasteiger partial charge on any atom is -0.354 e. The molecule has 2 N–H and O–H groups in total. The summed E-state index contributed by atoms with van der Waals surface area (Å²) < 4.78 is 0. The number of nitrogens with zero attached hydrogens (tertiary/aromatic N) is 4. The Balaban J connectivity index is 1.82. The quantitative estimate of drug-likeness (QED) is 0.518. The lowest BCUT2D eigenvalue weighted by Gasteiger charge is -2.19. The number of aromatic nitrogens is 3. The Kier molecular flexibility index (Phi) is 7.00. The van der Waals surface area contributed by atoms with Crippen LogP contribution in [0.2, 0.25) is 0 Å². The van der Waals surface area contributed by atoms with Gasteiger partial charge in [0.25, 0.3) is 0 Å². The zero-order valence-electron chi connectivity index (χ0n) is 18.6. The Morgan fingerprint density at radius 3 is 2.27 bits per heavy atom. The van der Waals surface area contributed by atoms with Crippen molar-refractivity contribution in [3.05, 3.63) is 60.4 Å². The Bertz CT molecular complexity index is 930. The molecule has 0 unspecified atom stereocenters. The first kappa shape index (κ1) is 21.7. The standard InChI is InChI=1S/C24H32N6/c1-24(2,3)19-7-9-20(10-8-19)27-22-17-21(18-11-14-25-15-12-18)28-23(29-22)26-13-6-16-30(4)5/h7-12,14-15,17H,6,13,16H2,1-5H3,(H2,26,27,28,29). The number of rotatable bonds is 8. The van der Waals surface area contributed by atoms with Gasteiger partial charge in [-0.25, -0.2) is 4.98 Å². The van der Waals surface area contributed by atoms with E-state index in [1.54, 1.807) is 12.4 Å². The van der Waals surface area contributed by atoms with Crippen LogP contribution in [0.3, 0.4) is 0 Å². The summed E-state index contributed by atoms with van der Waals surface area (Å²) in [4.78, 5) is 15.7. The summed E-state index contributed by atoms with van der Waals surface area (Å²) in [6, 6.07) is 14.4. The lowest BCUT2D eigenvalue weighted by Crippen LogP contribution is -2.17. The minimum absolute atomic E-state index is 0.131. The third-order valence-electron chi connectivity index (χ3n) is 4.79. The Morgan fingerprint density at radius 2 is 1.63 bits per heavy atom. The smallest absolute Gasteiger partial charge is 0.225 e. The van der Waals surface area contributed by atoms with Gasteiger partial charge in [-0.1, -0.05) is 32.9 Å². The second kappa shape index (κ2) is 9.67. The third-order valence-corrected chi connectivity index (χ3v) is 4.79. The highest BCUT2D eigenvalue weighted by Crippen LogP contribution is 2.26. The van der Waals surface area contributed by atoms with Gasteiger partial charge in [0.15, 0.2) is 0 Å². The van der Waals surface area contributed by atoms with Crippen LogP contribution in [0.25, 0.3) is 11.3 Å². The SMILES string of the molecule is CN(C)CCCNc1nc(Nc2ccc(C(C)(C)C)cc2)cc(-c2ccncc2)n1. The molecule has 158 valence electrons. The molecular formula is C24H32N6. The molecule has 2 heterocycles. The molecule has 1 aromatic carbocycles. The molecule has 0 aliphatic heterocycles. The Hall–Kier alpha value is -2.99. The molecule has 30 heavy (non-hydrogen) atoms. The van der Waals surface area contributed by atoms with Gasteiger partial charge < -0.3 is 15.5 Å². The second-order valence-corrected chi connectivity index (χ2v) is 8.73. The molecule has 0 saturated heterocycles. The number of hydrogen-bond donors (Lipinski definition) is 2. The fourth-order valence-corrected chi connectivity index (χ4v) is 3.06. The van der Waals surface area contributed by atoms with Gasteiger partial charge in [0.2, 0.25) is 5.95 Å². The molecule has 0 aliphatic rings. The van der Waals surface area contributed by atoms with Crippen LogP contribution in [-0.2, 0) is 5.41 Å². The topological polar surface area (TPSA) is 66.0 Å². The zero-order valence-corrected chi connectivity index (χ0v) is 18.6. The first-order valence-corrected chi connectivity index (χ1v) is 10.4. The first-order valence-electron chi connectivity index (χ1n) is 10.4. The Morgan fingerprint density at radius 1 is 0.933 bits per heavy atom. The lowest BCUT2D eigenvalue weighted by atomic mass is 9.87. The van der Waals surface area contributed by atoms with Crippen molar-refractivity contribution in [3.8, 4) is 11.3 Å². The molecule has 2 aromatic heterocycles. The fourth-order valence-electron chi connectivity index (χ4n) is 3.06. The number of hydrogen-bond acceptors (Lipinski definition) is 6. The summed E-state index contributed by atoms with van der Waals surface area (Å²) in [5.41, 5.74) is 4.30. The van der Waals surface area contributed by atoms with E-state index >= 15 is 0 Å². The van der Waals surface area contributed by atoms with E-state index in [4.69, 9.17) is 4.98 Å². The molecule has 6 heteroatoms. The molecule has 0 fully saturated rings. The van der Waals surface area contributed by atoms with E-state index in [9.17, 15) is 0 Å². The van der Waals surface area contributed by atoms with Crippen molar-refractivity contribution >= 4 is 17.5 Å². The van der Waals surface area contributed by atoms with Crippen molar-refractivity contribution in [2.45, 2.75) is 32.6 Å². The maximum atomic E-state index is 4.70. The average Bonchev–Trinajstić information content (AvgIpc) is 2.71. The summed E-state index contributed by atoms with van der Waals surface area (Å²) in [5.74, 6) is 1.38. The lowest BCUT2D eigenvalue weighted by molar-refractivity contribution is 0.405. The van der Waals surface area contributed by atoms with Crippen molar-refractivity contribution in [2.24, 2.45) is 0 Å². The summed E-state index contributed by atoms with van der Waals surface area (Å²) in [7, 11) is 4.15. The van der Waals surface area contributed by atoms with Crippen LogP contribution in [0.15, 0.2) is 54.9 Å². The second-order valence-electron chi connectivity index (χ2n) is 8.73. The molecule has 0 atom stereocenters. The molecule has 0 spiro atoms. The van der Waals surface area contributed by atoms with Gasteiger partial charge in [0.05, 0.1) is 5.69 Å². The van der Waals surface area contributed by atoms with Gasteiger partial charge >= 0.3 is 0 Å². The molecule has 0 amide bonds. The average molecular weight is 405 g/mol. The predicted molar refractivity (Wildman–Crippen MR) is 125 cm³/mol. The summed E-state index contributed by atoms with van der Waals surface area (Å²) in [6.07, 6.45) is 4.58. The van der Waals surface area contributed by atoms with Gasteiger partial charge in [0.1, 0.15) is 5.82 Å². The van der Waals surface area contributed by atoms with E-state index in [-0.39, 0.29) is 5.41 Å². The highest BCUT2D eigenvalue weighted by Gasteiger charge is 2.13. The molecule has 3 aromatic rings. The van der Waals surface area contributed by atoms with Crippen LogP contribution in [-0.4, -0.2) is 47.0 Å². The van der Waals surface area contributed by atoms with Crippen molar-refractivity contribution in [2.75, 3.05) is 37.8 Å². The number of pyridine rings is 1. The third kappa shape index (κ3) is 6.26. The van der Waals surface area contributed by atoms with E-state index in [1.807, 2.05) is 18.2 Å². The highest BCUT2D eigenvalue weighted by atomic mass is 15.1. The van der Waals surface area contributed by atoms with Crippen molar-refractivity contribution in [1.82, 2.24) is 19.9 Å². The maximum absolute atomic E-state index is 4.70. The maximum Gasteiger partial charge on any atom is 0.225 e. The predicted octanol–water partition coefficient (Wildman–Crippen LogP) is 4.94. The summed E-state index contributed by atoms with van der Waals surface area (Å²) >= 11 is 0. The first-order chi connectivity index (χ1) is 14.3. The van der Waals surface area contributed by atoms with Crippen LogP contribution in [0.5, 0.6) is 0 Å². The van der Waals surface area contributed by atoms with Crippen molar-refractivity contribution < 1.29 is 0 Å². The van der Waals surface area contributed by atoms with Gasteiger partial charge in [0, 0.05) is 36.3 Å². The van der Waals surface area contributed by atoms with Gasteiger partial charge in [-0.3, -0.25) is 4.98 Å². The van der Waals surface area contributed by atoms with E-state index in [1.165, 1.54) is 5.56 Å². The fraction of sp³-hybridized carbons (Fsp3) is 0.375. The Labute approximate surface area is 179 Å². The van der Waals surface area contributed by atoms with Crippen LogP contribution >= 0.6 is 0 Å². The minimum atomic E-state index is 0.131. The molecule has 3 rings (SSSR count). The van der Waals surface area contributed by atoms with Crippen molar-refractivity contribution in [1.29, 1.82) is 0 Å². The molecular weight excluding hydrogens is 372 g/mol. The molecule has 0 bridgehead atoms. The van der Waals surface area contributed by atoms with Crippen LogP contribution in [0.4, 0.5) is 17.5 Å². The number of benzene rings is 1. The molecule has 0 saturated carbocycles. The van der Waals surface area contributed by atoms with Gasteiger partial charge in [-0.05, 0) is 62.3 Å². The number of nitrogens with one attached hydrogen (secondary N) is 2. The zero-order chi connectivity index (χ0) is 21.6. The number of anilines is 3.